The third-order valence-electron chi connectivity index (χ3n) is 5.92. The second-order valence-corrected chi connectivity index (χ2v) is 8.86. The van der Waals surface area contributed by atoms with Crippen LogP contribution >= 0.6 is 11.6 Å². The van der Waals surface area contributed by atoms with Crippen molar-refractivity contribution >= 4 is 28.5 Å². The molecule has 1 aliphatic rings. The van der Waals surface area contributed by atoms with Gasteiger partial charge < -0.3 is 19.3 Å². The minimum Gasteiger partial charge on any atom is -0.491 e. The van der Waals surface area contributed by atoms with E-state index in [2.05, 4.69) is 4.98 Å². The van der Waals surface area contributed by atoms with Crippen LogP contribution in [0.1, 0.15) is 30.4 Å². The van der Waals surface area contributed by atoms with Gasteiger partial charge in [0.25, 0.3) is 0 Å². The van der Waals surface area contributed by atoms with E-state index in [1.807, 2.05) is 54.8 Å². The van der Waals surface area contributed by atoms with Gasteiger partial charge in [-0.25, -0.2) is 4.98 Å². The number of carbonyl (C=O) groups is 1. The highest BCUT2D eigenvalue weighted by molar-refractivity contribution is 6.32. The average Bonchev–Trinajstić information content (AvgIpc) is 3.17. The summed E-state index contributed by atoms with van der Waals surface area (Å²) in [5.74, 6) is 0.720. The Morgan fingerprint density at radius 2 is 2.00 bits per heavy atom. The number of amides is 1. The minimum atomic E-state index is -1.06. The number of benzene rings is 2. The summed E-state index contributed by atoms with van der Waals surface area (Å²) in [6.07, 6.45) is 3.49. The van der Waals surface area contributed by atoms with Crippen LogP contribution in [0.2, 0.25) is 5.02 Å². The lowest BCUT2D eigenvalue weighted by atomic mass is 9.93. The summed E-state index contributed by atoms with van der Waals surface area (Å²) in [5.41, 5.74) is 2.77. The molecule has 3 aromatic rings. The molecule has 0 saturated carbocycles. The van der Waals surface area contributed by atoms with Gasteiger partial charge in [0.1, 0.15) is 18.0 Å². The molecule has 1 aliphatic heterocycles. The number of aryl methyl sites for hydroxylation is 3. The Morgan fingerprint density at radius 1 is 1.26 bits per heavy atom. The molecule has 0 aliphatic carbocycles. The summed E-state index contributed by atoms with van der Waals surface area (Å²) in [6, 6.07) is 11.6. The number of halogens is 1. The molecular formula is C24H28ClN3O3. The second kappa shape index (κ2) is 8.89. The van der Waals surface area contributed by atoms with Crippen LogP contribution in [0.3, 0.4) is 0 Å². The fourth-order valence-electron chi connectivity index (χ4n) is 4.21. The number of carbonyl (C=O) groups excluding carboxylic acids is 1. The molecule has 1 atom stereocenters. The van der Waals surface area contributed by atoms with Crippen molar-refractivity contribution < 1.29 is 14.6 Å². The molecule has 1 amide bonds. The maximum absolute atomic E-state index is 12.8. The third-order valence-corrected chi connectivity index (χ3v) is 6.52. The molecule has 1 saturated heterocycles. The first-order valence-electron chi connectivity index (χ1n) is 10.6. The lowest BCUT2D eigenvalue weighted by Crippen LogP contribution is -2.53. The standard InChI is InChI=1S/C24H28ClN3O3/c1-17-12-19(13-18(2)23(17)25)31-15-24(30)9-5-10-27(14-24)22(29)8-11-28-16-26-20-6-3-4-7-21(20)28/h3-4,6-7,12-13,16,30H,5,8-11,14-15H2,1-2H3. The van der Waals surface area contributed by atoms with Gasteiger partial charge in [-0.2, -0.15) is 0 Å². The van der Waals surface area contributed by atoms with Crippen molar-refractivity contribution in [2.45, 2.75) is 45.3 Å². The van der Waals surface area contributed by atoms with Crippen LogP contribution < -0.4 is 4.74 Å². The Labute approximate surface area is 187 Å². The average molecular weight is 442 g/mol. The van der Waals surface area contributed by atoms with E-state index in [0.717, 1.165) is 33.6 Å². The fraction of sp³-hybridized carbons (Fsp3) is 0.417. The van der Waals surface area contributed by atoms with Crippen molar-refractivity contribution in [3.63, 3.8) is 0 Å². The molecule has 1 N–H and O–H groups in total. The van der Waals surface area contributed by atoms with Crippen molar-refractivity contribution in [1.29, 1.82) is 0 Å². The first-order chi connectivity index (χ1) is 14.8. The van der Waals surface area contributed by atoms with Crippen molar-refractivity contribution in [1.82, 2.24) is 14.5 Å². The molecule has 2 heterocycles. The summed E-state index contributed by atoms with van der Waals surface area (Å²) in [4.78, 5) is 19.0. The number of hydrogen-bond donors (Lipinski definition) is 1. The number of ether oxygens (including phenoxy) is 1. The van der Waals surface area contributed by atoms with Gasteiger partial charge in [-0.1, -0.05) is 23.7 Å². The number of piperidine rings is 1. The van der Waals surface area contributed by atoms with Gasteiger partial charge in [-0.05, 0) is 62.1 Å². The number of aromatic nitrogens is 2. The van der Waals surface area contributed by atoms with Crippen LogP contribution in [0, 0.1) is 13.8 Å². The molecule has 4 rings (SSSR count). The SMILES string of the molecule is Cc1cc(OCC2(O)CCCN(C(=O)CCn3cnc4ccccc43)C2)cc(C)c1Cl. The normalized spacial score (nSPS) is 19.0. The predicted octanol–water partition coefficient (Wildman–Crippen LogP) is 4.13. The lowest BCUT2D eigenvalue weighted by Gasteiger charge is -2.39. The van der Waals surface area contributed by atoms with E-state index in [1.165, 1.54) is 0 Å². The lowest BCUT2D eigenvalue weighted by molar-refractivity contribution is -0.140. The zero-order valence-corrected chi connectivity index (χ0v) is 18.7. The van der Waals surface area contributed by atoms with Crippen LogP contribution in [-0.2, 0) is 11.3 Å². The number of β-amino-alcohol motifs (C(OH)–C–C–N with tert-alkyl or cyclic N) is 1. The quantitative estimate of drug-likeness (QED) is 0.624. The molecule has 1 fully saturated rings. The Kier molecular flexibility index (Phi) is 6.21. The van der Waals surface area contributed by atoms with Gasteiger partial charge in [0.2, 0.25) is 5.91 Å². The second-order valence-electron chi connectivity index (χ2n) is 8.48. The van der Waals surface area contributed by atoms with E-state index in [1.54, 1.807) is 11.2 Å². The van der Waals surface area contributed by atoms with Crippen molar-refractivity contribution in [3.8, 4) is 5.75 Å². The molecular weight excluding hydrogens is 414 g/mol. The maximum Gasteiger partial charge on any atom is 0.224 e. The number of nitrogens with zero attached hydrogens (tertiary/aromatic N) is 3. The molecule has 7 heteroatoms. The van der Waals surface area contributed by atoms with E-state index in [4.69, 9.17) is 16.3 Å². The fourth-order valence-corrected chi connectivity index (χ4v) is 4.32. The smallest absolute Gasteiger partial charge is 0.224 e. The number of imidazole rings is 1. The largest absolute Gasteiger partial charge is 0.491 e. The molecule has 0 spiro atoms. The zero-order chi connectivity index (χ0) is 22.0. The Bertz CT molecular complexity index is 1070. The molecule has 164 valence electrons. The number of likely N-dealkylation sites (tertiary alicyclic amines) is 1. The third kappa shape index (κ3) is 4.86. The van der Waals surface area contributed by atoms with Crippen molar-refractivity contribution in [2.24, 2.45) is 0 Å². The Morgan fingerprint density at radius 3 is 2.77 bits per heavy atom. The molecule has 31 heavy (non-hydrogen) atoms. The monoisotopic (exact) mass is 441 g/mol. The van der Waals surface area contributed by atoms with Gasteiger partial charge in [0.05, 0.1) is 23.9 Å². The van der Waals surface area contributed by atoms with Crippen LogP contribution in [0.25, 0.3) is 11.0 Å². The summed E-state index contributed by atoms with van der Waals surface area (Å²) in [6.45, 7) is 5.51. The van der Waals surface area contributed by atoms with Crippen LogP contribution in [0.15, 0.2) is 42.7 Å². The first-order valence-corrected chi connectivity index (χ1v) is 11.0. The number of rotatable bonds is 6. The molecule has 1 aromatic heterocycles. The van der Waals surface area contributed by atoms with Crippen molar-refractivity contribution in [3.05, 3.63) is 58.9 Å². The predicted molar refractivity (Wildman–Crippen MR) is 122 cm³/mol. The Hall–Kier alpha value is -2.57. The molecule has 0 radical (unpaired) electrons. The summed E-state index contributed by atoms with van der Waals surface area (Å²) in [7, 11) is 0. The van der Waals surface area contributed by atoms with Crippen LogP contribution in [0.4, 0.5) is 0 Å². The first kappa shape index (κ1) is 21.7. The van der Waals surface area contributed by atoms with Crippen molar-refractivity contribution in [2.75, 3.05) is 19.7 Å². The van der Waals surface area contributed by atoms with E-state index >= 15 is 0 Å². The maximum atomic E-state index is 12.8. The van der Waals surface area contributed by atoms with Gasteiger partial charge in [-0.3, -0.25) is 4.79 Å². The summed E-state index contributed by atoms with van der Waals surface area (Å²) < 4.78 is 7.90. The van der Waals surface area contributed by atoms with E-state index in [-0.39, 0.29) is 19.1 Å². The summed E-state index contributed by atoms with van der Waals surface area (Å²) >= 11 is 6.22. The van der Waals surface area contributed by atoms with E-state index < -0.39 is 5.60 Å². The number of hydrogen-bond acceptors (Lipinski definition) is 4. The molecule has 6 nitrogen and oxygen atoms in total. The highest BCUT2D eigenvalue weighted by Crippen LogP contribution is 2.28. The highest BCUT2D eigenvalue weighted by atomic mass is 35.5. The van der Waals surface area contributed by atoms with Gasteiger partial charge in [0, 0.05) is 24.5 Å². The topological polar surface area (TPSA) is 67.6 Å². The molecule has 1 unspecified atom stereocenters. The number of fused-ring (bicyclic) bond motifs is 1. The van der Waals surface area contributed by atoms with Gasteiger partial charge >= 0.3 is 0 Å². The minimum absolute atomic E-state index is 0.0362. The zero-order valence-electron chi connectivity index (χ0n) is 18.0. The highest BCUT2D eigenvalue weighted by Gasteiger charge is 2.36. The number of para-hydroxylation sites is 2. The van der Waals surface area contributed by atoms with Gasteiger partial charge in [-0.15, -0.1) is 0 Å². The van der Waals surface area contributed by atoms with Crippen LogP contribution in [-0.4, -0.2) is 50.8 Å². The summed E-state index contributed by atoms with van der Waals surface area (Å²) in [5, 5.41) is 11.8. The number of aliphatic hydroxyl groups is 1. The molecule has 2 aromatic carbocycles. The Balaban J connectivity index is 1.35. The molecule has 0 bridgehead atoms. The van der Waals surface area contributed by atoms with E-state index in [9.17, 15) is 9.90 Å². The van der Waals surface area contributed by atoms with E-state index in [0.29, 0.717) is 31.7 Å². The van der Waals surface area contributed by atoms with Gasteiger partial charge in [0.15, 0.2) is 0 Å². The van der Waals surface area contributed by atoms with Crippen LogP contribution in [0.5, 0.6) is 5.75 Å².